The second-order valence-electron chi connectivity index (χ2n) is 13.7. The van der Waals surface area contributed by atoms with Crippen molar-refractivity contribution >= 4 is 51.7 Å². The van der Waals surface area contributed by atoms with E-state index in [0.717, 1.165) is 0 Å². The molecule has 2 aromatic carbocycles. The van der Waals surface area contributed by atoms with Crippen molar-refractivity contribution in [3.8, 4) is 11.5 Å². The van der Waals surface area contributed by atoms with Crippen LogP contribution in [0.2, 0.25) is 0 Å². The fourth-order valence-corrected chi connectivity index (χ4v) is 5.54. The zero-order valence-electron chi connectivity index (χ0n) is 30.5. The minimum Gasteiger partial charge on any atom is -0.494 e. The number of methoxy groups -OCH3 is 1. The van der Waals surface area contributed by atoms with E-state index in [1.165, 1.54) is 7.11 Å². The van der Waals surface area contributed by atoms with Gasteiger partial charge in [0, 0.05) is 43.2 Å². The van der Waals surface area contributed by atoms with Gasteiger partial charge >= 0.3 is 0 Å². The molecule has 5 rings (SSSR count). The second-order valence-corrected chi connectivity index (χ2v) is 13.7. The molecule has 6 N–H and O–H groups in total. The fraction of sp³-hybridized carbons (Fsp3) is 0.389. The molecule has 15 heteroatoms. The van der Waals surface area contributed by atoms with Crippen LogP contribution in [0, 0.1) is 12.3 Å². The number of carbonyl (C=O) groups excluding carboxylic acids is 3. The molecular weight excluding hydrogens is 652 g/mol. The molecule has 0 radical (unpaired) electrons. The predicted octanol–water partition coefficient (Wildman–Crippen LogP) is 4.87. The highest BCUT2D eigenvalue weighted by Gasteiger charge is 2.36. The lowest BCUT2D eigenvalue weighted by Gasteiger charge is -2.39. The monoisotopic (exact) mass is 698 g/mol. The fourth-order valence-electron chi connectivity index (χ4n) is 5.54. The number of hydrogen-bond donors (Lipinski definition) is 4. The van der Waals surface area contributed by atoms with Gasteiger partial charge in [0.25, 0.3) is 5.91 Å². The van der Waals surface area contributed by atoms with E-state index < -0.39 is 23.3 Å². The number of primary amides is 2. The summed E-state index contributed by atoms with van der Waals surface area (Å²) < 4.78 is 17.6. The summed E-state index contributed by atoms with van der Waals surface area (Å²) in [5.41, 5.74) is 14.2. The van der Waals surface area contributed by atoms with Gasteiger partial charge in [0.05, 0.1) is 23.8 Å². The number of rotatable bonds is 13. The molecule has 0 unspecified atom stereocenters. The zero-order chi connectivity index (χ0) is 37.4. The molecule has 0 fully saturated rings. The van der Waals surface area contributed by atoms with Crippen molar-refractivity contribution < 1.29 is 23.9 Å². The number of hydrogen-bond acceptors (Lipinski definition) is 9. The van der Waals surface area contributed by atoms with E-state index in [-0.39, 0.29) is 29.0 Å². The number of imidazole rings is 2. The van der Waals surface area contributed by atoms with Crippen molar-refractivity contribution in [1.82, 2.24) is 28.9 Å². The van der Waals surface area contributed by atoms with Gasteiger partial charge in [0.1, 0.15) is 33.8 Å². The van der Waals surface area contributed by atoms with Crippen LogP contribution >= 0.6 is 0 Å². The second kappa shape index (κ2) is 13.8. The van der Waals surface area contributed by atoms with Gasteiger partial charge in [-0.3, -0.25) is 24.4 Å². The zero-order valence-corrected chi connectivity index (χ0v) is 30.5. The van der Waals surface area contributed by atoms with Crippen molar-refractivity contribution in [2.75, 3.05) is 24.8 Å². The summed E-state index contributed by atoms with van der Waals surface area (Å²) >= 11 is 0. The number of ether oxygens (including phenoxy) is 2. The van der Waals surface area contributed by atoms with Crippen LogP contribution in [-0.4, -0.2) is 66.4 Å². The Morgan fingerprint density at radius 3 is 1.88 bits per heavy atom. The average molecular weight is 699 g/mol. The van der Waals surface area contributed by atoms with Crippen molar-refractivity contribution in [3.63, 3.8) is 0 Å². The summed E-state index contributed by atoms with van der Waals surface area (Å²) in [7, 11) is 3.25. The van der Waals surface area contributed by atoms with Crippen LogP contribution in [0.25, 0.3) is 22.1 Å². The number of fused-ring (bicyclic) bond motifs is 2. The molecule has 0 spiro atoms. The van der Waals surface area contributed by atoms with Crippen LogP contribution in [-0.2, 0) is 19.6 Å². The first-order chi connectivity index (χ1) is 24.0. The summed E-state index contributed by atoms with van der Waals surface area (Å²) in [6, 6.07) is 8.13. The molecular formula is C36H46N10O5. The maximum atomic E-state index is 13.5. The predicted molar refractivity (Wildman–Crippen MR) is 196 cm³/mol. The van der Waals surface area contributed by atoms with Crippen LogP contribution in [0.15, 0.2) is 42.5 Å². The minimum atomic E-state index is -0.636. The molecule has 270 valence electrons. The largest absolute Gasteiger partial charge is 0.494 e. The molecule has 15 nitrogen and oxygen atoms in total. The van der Waals surface area contributed by atoms with Crippen molar-refractivity contribution in [3.05, 3.63) is 65.0 Å². The van der Waals surface area contributed by atoms with Crippen LogP contribution in [0.3, 0.4) is 0 Å². The van der Waals surface area contributed by atoms with E-state index in [1.807, 2.05) is 44.4 Å². The van der Waals surface area contributed by atoms with Gasteiger partial charge in [-0.15, -0.1) is 0 Å². The van der Waals surface area contributed by atoms with Crippen molar-refractivity contribution in [2.45, 2.75) is 73.7 Å². The number of benzene rings is 2. The molecule has 0 aliphatic heterocycles. The third kappa shape index (κ3) is 7.09. The summed E-state index contributed by atoms with van der Waals surface area (Å²) in [6.07, 6.45) is 3.86. The lowest BCUT2D eigenvalue weighted by atomic mass is 9.79. The molecule has 5 aromatic rings. The smallest absolute Gasteiger partial charge is 0.276 e. The summed E-state index contributed by atoms with van der Waals surface area (Å²) in [5.74, 6) is 0.0241. The van der Waals surface area contributed by atoms with Crippen LogP contribution < -0.4 is 31.6 Å². The van der Waals surface area contributed by atoms with Crippen LogP contribution in [0.5, 0.6) is 11.5 Å². The van der Waals surface area contributed by atoms with E-state index in [2.05, 4.69) is 41.5 Å². The van der Waals surface area contributed by atoms with Gasteiger partial charge in [0.15, 0.2) is 0 Å². The standard InChI is InChI=1S/C36H46N10O5/c1-10-46-25(15-20(2)43-46)32(49)42-34-41-23-16-21(30(37)47)18-26(50-9)28(23)45(34)14-12-11-13-44-29-24(40-33(44)39-8)17-22(31(38)48)19-27(29)51-36(6,7)35(3,4)5/h11-12,15-19H,10,13-14H2,1-9H3,(H2,37,47)(H2,38,48)(H,39,40)(H,41,42,49)/b12-11+. The Balaban J connectivity index is 1.56. The molecule has 3 aromatic heterocycles. The van der Waals surface area contributed by atoms with Crippen LogP contribution in [0.1, 0.15) is 78.4 Å². The normalized spacial score (nSPS) is 12.2. The van der Waals surface area contributed by atoms with Gasteiger partial charge in [-0.05, 0) is 58.0 Å². The van der Waals surface area contributed by atoms with Gasteiger partial charge in [-0.1, -0.05) is 32.9 Å². The number of aromatic nitrogens is 6. The van der Waals surface area contributed by atoms with E-state index >= 15 is 0 Å². The molecule has 51 heavy (non-hydrogen) atoms. The number of nitrogens with two attached hydrogens (primary N) is 2. The number of carbonyl (C=O) groups is 3. The Morgan fingerprint density at radius 2 is 1.37 bits per heavy atom. The summed E-state index contributed by atoms with van der Waals surface area (Å²) in [6.45, 7) is 15.1. The van der Waals surface area contributed by atoms with E-state index in [4.69, 9.17) is 25.9 Å². The summed E-state index contributed by atoms with van der Waals surface area (Å²) in [4.78, 5) is 47.3. The molecule has 0 aliphatic rings. The Morgan fingerprint density at radius 1 is 0.843 bits per heavy atom. The van der Waals surface area contributed by atoms with Gasteiger partial charge < -0.3 is 35.4 Å². The first-order valence-corrected chi connectivity index (χ1v) is 16.6. The number of allylic oxidation sites excluding steroid dienone is 2. The summed E-state index contributed by atoms with van der Waals surface area (Å²) in [5, 5.41) is 10.5. The van der Waals surface area contributed by atoms with E-state index in [9.17, 15) is 14.4 Å². The lowest BCUT2D eigenvalue weighted by molar-refractivity contribution is 0.00178. The Bertz CT molecular complexity index is 2180. The Labute approximate surface area is 296 Å². The molecule has 0 aliphatic carbocycles. The number of amides is 3. The number of aryl methyl sites for hydroxylation is 2. The average Bonchev–Trinajstić information content (AvgIpc) is 3.73. The highest BCUT2D eigenvalue weighted by molar-refractivity contribution is 6.04. The maximum Gasteiger partial charge on any atom is 0.276 e. The van der Waals surface area contributed by atoms with Crippen LogP contribution in [0.4, 0.5) is 11.9 Å². The van der Waals surface area contributed by atoms with Gasteiger partial charge in [-0.25, -0.2) is 9.97 Å². The lowest BCUT2D eigenvalue weighted by Crippen LogP contribution is -2.42. The quantitative estimate of drug-likeness (QED) is 0.124. The maximum absolute atomic E-state index is 13.5. The highest BCUT2D eigenvalue weighted by atomic mass is 16.5. The number of anilines is 2. The molecule has 0 bridgehead atoms. The number of nitrogens with one attached hydrogen (secondary N) is 2. The third-order valence-corrected chi connectivity index (χ3v) is 9.20. The molecule has 0 atom stereocenters. The minimum absolute atomic E-state index is 0.218. The topological polar surface area (TPSA) is 199 Å². The van der Waals surface area contributed by atoms with Crippen molar-refractivity contribution in [1.29, 1.82) is 0 Å². The van der Waals surface area contributed by atoms with Gasteiger partial charge in [0.2, 0.25) is 23.7 Å². The number of nitrogens with zero attached hydrogens (tertiary/aromatic N) is 6. The Hall–Kier alpha value is -5.86. The Kier molecular flexibility index (Phi) is 9.86. The molecule has 0 saturated carbocycles. The third-order valence-electron chi connectivity index (χ3n) is 9.20. The van der Waals surface area contributed by atoms with Gasteiger partial charge in [-0.2, -0.15) is 5.10 Å². The molecule has 3 heterocycles. The molecule has 3 amide bonds. The van der Waals surface area contributed by atoms with E-state index in [1.54, 1.807) is 46.6 Å². The van der Waals surface area contributed by atoms with E-state index in [0.29, 0.717) is 64.0 Å². The highest BCUT2D eigenvalue weighted by Crippen LogP contribution is 2.39. The molecule has 0 saturated heterocycles. The first kappa shape index (κ1) is 36.4. The SMILES string of the molecule is CCn1nc(C)cc1C(=O)Nc1nc2cc(C(N)=O)cc(OC)c2n1C/C=C/Cn1c(NC)nc2cc(C(N)=O)cc(OC(C)(C)C(C)(C)C)c21. The van der Waals surface area contributed by atoms with Crippen molar-refractivity contribution in [2.24, 2.45) is 16.9 Å². The first-order valence-electron chi connectivity index (χ1n) is 16.6.